The van der Waals surface area contributed by atoms with E-state index < -0.39 is 14.2 Å². The Kier molecular flexibility index (Phi) is 12.0. The van der Waals surface area contributed by atoms with Gasteiger partial charge >= 0.3 is 14.2 Å². The highest BCUT2D eigenvalue weighted by Crippen LogP contribution is 2.41. The minimum Gasteiger partial charge on any atom is -0.520 e. The van der Waals surface area contributed by atoms with Crippen LogP contribution >= 0.6 is 0 Å². The van der Waals surface area contributed by atoms with E-state index >= 15 is 0 Å². The van der Waals surface area contributed by atoms with Crippen LogP contribution in [-0.4, -0.2) is 14.2 Å². The minimum atomic E-state index is -0.436. The summed E-state index contributed by atoms with van der Waals surface area (Å²) in [6.07, 6.45) is 13.0. The van der Waals surface area contributed by atoms with Gasteiger partial charge in [-0.15, -0.1) is 11.8 Å². The Bertz CT molecular complexity index is 4140. The summed E-state index contributed by atoms with van der Waals surface area (Å²) < 4.78 is 23.7. The molecule has 0 aromatic heterocycles. The maximum atomic E-state index is 5.92. The fraction of sp³-hybridized carbons (Fsp3) is 0.0286. The van der Waals surface area contributed by atoms with Gasteiger partial charge in [-0.2, -0.15) is 0 Å². The number of hydrogen-bond acceptors (Lipinski definition) is 4. The predicted molar refractivity (Wildman–Crippen MR) is 330 cm³/mol. The average Bonchev–Trinajstić information content (AvgIpc) is 4.22. The van der Waals surface area contributed by atoms with E-state index in [0.29, 0.717) is 0 Å². The molecule has 0 unspecified atom stereocenters. The molecule has 2 aliphatic heterocycles. The summed E-state index contributed by atoms with van der Waals surface area (Å²) >= 11 is 0. The molecule has 6 heteroatoms. The monoisotopic (exact) mass is 980 g/mol. The van der Waals surface area contributed by atoms with Crippen molar-refractivity contribution in [3.8, 4) is 46.7 Å². The molecule has 0 bridgehead atoms. The van der Waals surface area contributed by atoms with E-state index in [1.807, 2.05) is 74.3 Å². The molecule has 0 radical (unpaired) electrons. The third-order valence-corrected chi connectivity index (χ3v) is 14.3. The van der Waals surface area contributed by atoms with Gasteiger partial charge in [0.1, 0.15) is 23.0 Å². The van der Waals surface area contributed by atoms with E-state index in [2.05, 4.69) is 206 Å². The summed E-state index contributed by atoms with van der Waals surface area (Å²) in [4.78, 5) is 0. The Morgan fingerprint density at radius 1 is 0.316 bits per heavy atom. The third kappa shape index (κ3) is 8.83. The Morgan fingerprint density at radius 3 is 0.908 bits per heavy atom. The summed E-state index contributed by atoms with van der Waals surface area (Å²) in [7, 11) is -0.873. The highest BCUT2D eigenvalue weighted by molar-refractivity contribution is 6.55. The van der Waals surface area contributed by atoms with Crippen LogP contribution in [-0.2, 0) is 0 Å². The first kappa shape index (κ1) is 46.0. The zero-order valence-corrected chi connectivity index (χ0v) is 41.9. The lowest BCUT2D eigenvalue weighted by atomic mass is 9.85. The van der Waals surface area contributed by atoms with Gasteiger partial charge in [0.15, 0.2) is 0 Å². The molecule has 0 fully saturated rings. The van der Waals surface area contributed by atoms with Crippen molar-refractivity contribution in [2.24, 2.45) is 0 Å². The molecule has 0 atom stereocenters. The first-order valence-corrected chi connectivity index (χ1v) is 25.6. The standard InChI is InChI=1S/C38H26.C32H20B2O4.4H2/c1-3-5-27-7-11-29(12-8-27)15-17-31-19-21-33-24-26-36-32(18-16-30-13-9-28(6-4-2)10-14-30)20-22-34-23-25-35(31)37(33)38(34)36;1-2-6-28-27(5-1)35-33(36-28)19-17-21-9-11-23-14-16-26-22(10-12-24-13-15-25(21)31(23)32(24)26)18-20-34-37-29-7-3-4-8-30(29)38-34;;;;/h7-26H,1-2H3;1-20H;4*1H/b17-15+,18-16+;19-17+,20-18+;;;;. The van der Waals surface area contributed by atoms with Gasteiger partial charge in [0.25, 0.3) is 0 Å². The lowest BCUT2D eigenvalue weighted by Gasteiger charge is -2.14. The average molecular weight is 981 g/mol. The number of para-hydroxylation sites is 4. The van der Waals surface area contributed by atoms with Gasteiger partial charge in [0.2, 0.25) is 0 Å². The van der Waals surface area contributed by atoms with Gasteiger partial charge in [-0.25, -0.2) is 0 Å². The molecule has 76 heavy (non-hydrogen) atoms. The van der Waals surface area contributed by atoms with Crippen molar-refractivity contribution in [2.45, 2.75) is 13.8 Å². The number of fused-ring (bicyclic) bond motifs is 2. The van der Waals surface area contributed by atoms with Crippen molar-refractivity contribution in [1.82, 2.24) is 0 Å². The van der Waals surface area contributed by atoms with Gasteiger partial charge in [0, 0.05) is 16.8 Å². The van der Waals surface area contributed by atoms with Crippen LogP contribution in [0, 0.1) is 23.7 Å². The molecule has 0 saturated carbocycles. The first-order chi connectivity index (χ1) is 37.5. The van der Waals surface area contributed by atoms with Crippen molar-refractivity contribution >= 4 is 115 Å². The second-order valence-corrected chi connectivity index (χ2v) is 18.9. The smallest absolute Gasteiger partial charge is 0.520 e. The minimum absolute atomic E-state index is 0. The van der Waals surface area contributed by atoms with Gasteiger partial charge in [0.05, 0.1) is 0 Å². The zero-order valence-electron chi connectivity index (χ0n) is 41.9. The maximum absolute atomic E-state index is 5.92. The molecule has 0 amide bonds. The second kappa shape index (κ2) is 19.9. The van der Waals surface area contributed by atoms with Crippen LogP contribution in [0.15, 0.2) is 206 Å². The Labute approximate surface area is 448 Å². The van der Waals surface area contributed by atoms with Crippen molar-refractivity contribution in [3.05, 3.63) is 251 Å². The summed E-state index contributed by atoms with van der Waals surface area (Å²) in [5.74, 6) is 19.2. The molecule has 0 N–H and O–H groups in total. The molecule has 0 aliphatic carbocycles. The quantitative estimate of drug-likeness (QED) is 0.0658. The second-order valence-electron chi connectivity index (χ2n) is 18.9. The molecule has 14 rings (SSSR count). The molecule has 12 aromatic carbocycles. The highest BCUT2D eigenvalue weighted by atomic mass is 16.6. The van der Waals surface area contributed by atoms with Crippen LogP contribution < -0.4 is 18.6 Å². The highest BCUT2D eigenvalue weighted by Gasteiger charge is 2.30. The summed E-state index contributed by atoms with van der Waals surface area (Å²) in [6.45, 7) is 3.73. The summed E-state index contributed by atoms with van der Waals surface area (Å²) in [5.41, 5.74) is 9.11. The lowest BCUT2D eigenvalue weighted by Crippen LogP contribution is -2.21. The first-order valence-electron chi connectivity index (χ1n) is 25.6. The Morgan fingerprint density at radius 2 is 0.605 bits per heavy atom. The zero-order chi connectivity index (χ0) is 51.0. The van der Waals surface area contributed by atoms with Crippen molar-refractivity contribution in [1.29, 1.82) is 0 Å². The molecule has 0 saturated heterocycles. The number of benzene rings is 12. The SMILES string of the molecule is C(=C\c1ccc2ccc3c(/C=C/B4Oc5ccccc5O4)ccc4ccc1c2c43)/B1Oc2ccccc2O1.CC#Cc1ccc(/C=C/c2ccc3ccc4c(/C=C/c5ccc(C#CC)cc5)ccc5ccc2c3c54)cc1.[HH].[HH].[HH].[HH]. The van der Waals surface area contributed by atoms with Crippen LogP contribution in [0.3, 0.4) is 0 Å². The van der Waals surface area contributed by atoms with Gasteiger partial charge < -0.3 is 18.6 Å². The van der Waals surface area contributed by atoms with E-state index in [0.717, 1.165) is 45.3 Å². The normalized spacial score (nSPS) is 12.8. The summed E-state index contributed by atoms with van der Waals surface area (Å²) in [6, 6.07) is 67.8. The maximum Gasteiger partial charge on any atom is 0.625 e. The molecule has 12 aromatic rings. The van der Waals surface area contributed by atoms with E-state index in [9.17, 15) is 0 Å². The van der Waals surface area contributed by atoms with Gasteiger partial charge in [-0.1, -0.05) is 194 Å². The Hall–Kier alpha value is -9.87. The van der Waals surface area contributed by atoms with E-state index in [-0.39, 0.29) is 5.71 Å². The lowest BCUT2D eigenvalue weighted by molar-refractivity contribution is 0.517. The summed E-state index contributed by atoms with van der Waals surface area (Å²) in [5, 5.41) is 15.1. The van der Waals surface area contributed by atoms with Crippen LogP contribution in [0.2, 0.25) is 0 Å². The van der Waals surface area contributed by atoms with E-state index in [1.165, 1.54) is 86.9 Å². The van der Waals surface area contributed by atoms with Crippen molar-refractivity contribution in [3.63, 3.8) is 0 Å². The molecule has 2 aliphatic rings. The number of rotatable bonds is 8. The predicted octanol–water partition coefficient (Wildman–Crippen LogP) is 18.3. The van der Waals surface area contributed by atoms with Gasteiger partial charge in [-0.05, 0) is 172 Å². The molecule has 364 valence electrons. The van der Waals surface area contributed by atoms with E-state index in [4.69, 9.17) is 18.6 Å². The van der Waals surface area contributed by atoms with Crippen LogP contribution in [0.5, 0.6) is 23.0 Å². The van der Waals surface area contributed by atoms with Crippen molar-refractivity contribution < 1.29 is 24.3 Å². The Balaban J connectivity index is 0.000000184. The largest absolute Gasteiger partial charge is 0.625 e. The van der Waals surface area contributed by atoms with Gasteiger partial charge in [-0.3, -0.25) is 0 Å². The van der Waals surface area contributed by atoms with Crippen LogP contribution in [0.1, 0.15) is 64.1 Å². The molecule has 4 nitrogen and oxygen atoms in total. The van der Waals surface area contributed by atoms with Crippen LogP contribution in [0.4, 0.5) is 0 Å². The van der Waals surface area contributed by atoms with Crippen molar-refractivity contribution in [2.75, 3.05) is 0 Å². The molecule has 2 heterocycles. The molecule has 0 spiro atoms. The van der Waals surface area contributed by atoms with Crippen LogP contribution in [0.25, 0.3) is 101 Å². The molecular weight excluding hydrogens is 926 g/mol. The molecular formula is C70H54B2O4. The number of hydrogen-bond donors (Lipinski definition) is 0. The fourth-order valence-corrected chi connectivity index (χ4v) is 10.6. The topological polar surface area (TPSA) is 36.9 Å². The fourth-order valence-electron chi connectivity index (χ4n) is 10.6. The van der Waals surface area contributed by atoms with E-state index in [1.54, 1.807) is 0 Å². The third-order valence-electron chi connectivity index (χ3n) is 14.3.